The number of nitrogens with zero attached hydrogens (tertiary/aromatic N) is 4. The molecule has 2 aromatic heterocycles. The van der Waals surface area contributed by atoms with Gasteiger partial charge < -0.3 is 15.2 Å². The van der Waals surface area contributed by atoms with E-state index in [-0.39, 0.29) is 24.1 Å². The van der Waals surface area contributed by atoms with Gasteiger partial charge in [0.15, 0.2) is 11.4 Å². The zero-order chi connectivity index (χ0) is 22.9. The molecule has 0 spiro atoms. The Morgan fingerprint density at radius 2 is 1.94 bits per heavy atom. The number of carbonyl (C=O) groups is 1. The van der Waals surface area contributed by atoms with E-state index in [2.05, 4.69) is 20.4 Å². The summed E-state index contributed by atoms with van der Waals surface area (Å²) >= 11 is 0. The fraction of sp³-hybridized carbons (Fsp3) is 0.429. The van der Waals surface area contributed by atoms with Crippen molar-refractivity contribution in [1.82, 2.24) is 19.7 Å². The van der Waals surface area contributed by atoms with E-state index in [1.165, 1.54) is 7.11 Å². The molecule has 0 atom stereocenters. The first-order valence-corrected chi connectivity index (χ1v) is 10.2. The number of nitrogens with one attached hydrogen (secondary N) is 1. The van der Waals surface area contributed by atoms with Crippen LogP contribution in [0, 0.1) is 5.92 Å². The zero-order valence-corrected chi connectivity index (χ0v) is 17.3. The molecule has 1 aliphatic carbocycles. The number of benzene rings is 1. The van der Waals surface area contributed by atoms with E-state index >= 15 is 0 Å². The van der Waals surface area contributed by atoms with E-state index in [0.717, 1.165) is 43.6 Å². The Morgan fingerprint density at radius 1 is 1.22 bits per heavy atom. The highest BCUT2D eigenvalue weighted by atomic mass is 19.4. The molecule has 1 fully saturated rings. The maximum Gasteiger partial charge on any atom is 0.435 e. The third-order valence-corrected chi connectivity index (χ3v) is 5.77. The third-order valence-electron chi connectivity index (χ3n) is 5.77. The molecule has 0 radical (unpaired) electrons. The Labute approximate surface area is 181 Å². The van der Waals surface area contributed by atoms with Crippen molar-refractivity contribution in [3.05, 3.63) is 42.1 Å². The van der Waals surface area contributed by atoms with Crippen molar-refractivity contribution < 1.29 is 27.8 Å². The highest BCUT2D eigenvalue weighted by Crippen LogP contribution is 2.37. The zero-order valence-electron chi connectivity index (χ0n) is 17.3. The molecule has 170 valence electrons. The molecule has 8 nitrogen and oxygen atoms in total. The van der Waals surface area contributed by atoms with Crippen LogP contribution in [0.5, 0.6) is 5.75 Å². The molecule has 4 rings (SSSR count). The summed E-state index contributed by atoms with van der Waals surface area (Å²) in [5.41, 5.74) is -1.18. The summed E-state index contributed by atoms with van der Waals surface area (Å²) in [7, 11) is 1.41. The van der Waals surface area contributed by atoms with Crippen LogP contribution < -0.4 is 10.1 Å². The largest absolute Gasteiger partial charge is 0.494 e. The highest BCUT2D eigenvalue weighted by molar-refractivity contribution is 6.05. The van der Waals surface area contributed by atoms with Gasteiger partial charge in [0.1, 0.15) is 5.75 Å². The second kappa shape index (κ2) is 8.73. The van der Waals surface area contributed by atoms with Crippen LogP contribution in [0.25, 0.3) is 10.9 Å². The number of fused-ring (bicyclic) bond motifs is 1. The first-order chi connectivity index (χ1) is 15.3. The summed E-state index contributed by atoms with van der Waals surface area (Å²) in [6.07, 6.45) is 2.33. The number of anilines is 1. The van der Waals surface area contributed by atoms with Crippen molar-refractivity contribution in [2.45, 2.75) is 37.9 Å². The second-order valence-electron chi connectivity index (χ2n) is 7.76. The fourth-order valence-electron chi connectivity index (χ4n) is 4.10. The van der Waals surface area contributed by atoms with Gasteiger partial charge in [-0.2, -0.15) is 18.3 Å². The smallest absolute Gasteiger partial charge is 0.435 e. The van der Waals surface area contributed by atoms with Gasteiger partial charge in [0, 0.05) is 30.5 Å². The topological polar surface area (TPSA) is 102 Å². The number of carbonyl (C=O) groups excluding carboxylic acids is 1. The summed E-state index contributed by atoms with van der Waals surface area (Å²) < 4.78 is 46.9. The van der Waals surface area contributed by atoms with E-state index in [9.17, 15) is 23.1 Å². The van der Waals surface area contributed by atoms with E-state index in [4.69, 9.17) is 4.74 Å². The average molecular weight is 449 g/mol. The first-order valence-electron chi connectivity index (χ1n) is 10.2. The van der Waals surface area contributed by atoms with E-state index in [1.54, 1.807) is 18.3 Å². The van der Waals surface area contributed by atoms with Gasteiger partial charge in [-0.25, -0.2) is 9.97 Å². The summed E-state index contributed by atoms with van der Waals surface area (Å²) in [6, 6.07) is 3.49. The molecule has 0 saturated heterocycles. The lowest BCUT2D eigenvalue weighted by molar-refractivity contribution is -0.141. The lowest BCUT2D eigenvalue weighted by Crippen LogP contribution is -2.22. The standard InChI is InChI=1S/C21H22F3N5O3/c1-32-17-9-16-13(10-27-29(16)14-4-2-12(11-30)3-5-14)8-15(17)28-20(31)18-19(21(22,23)24)26-7-6-25-18/h6-10,12,14,30H,2-5,11H2,1H3,(H,28,31). The van der Waals surface area contributed by atoms with Crippen LogP contribution in [0.3, 0.4) is 0 Å². The van der Waals surface area contributed by atoms with Gasteiger partial charge in [-0.05, 0) is 37.7 Å². The number of halogens is 3. The van der Waals surface area contributed by atoms with Gasteiger partial charge in [0.25, 0.3) is 5.91 Å². The molecule has 0 aliphatic heterocycles. The van der Waals surface area contributed by atoms with Gasteiger partial charge in [0.2, 0.25) is 0 Å². The number of rotatable bonds is 5. The average Bonchev–Trinajstić information content (AvgIpc) is 3.20. The van der Waals surface area contributed by atoms with Crippen LogP contribution in [0.1, 0.15) is 47.9 Å². The van der Waals surface area contributed by atoms with Crippen LogP contribution in [0.2, 0.25) is 0 Å². The minimum Gasteiger partial charge on any atom is -0.494 e. The van der Waals surface area contributed by atoms with Crippen molar-refractivity contribution in [3.8, 4) is 5.75 Å². The summed E-state index contributed by atoms with van der Waals surface area (Å²) in [5, 5.41) is 17.0. The molecule has 0 unspecified atom stereocenters. The lowest BCUT2D eigenvalue weighted by atomic mass is 9.86. The van der Waals surface area contributed by atoms with Crippen molar-refractivity contribution in [3.63, 3.8) is 0 Å². The fourth-order valence-corrected chi connectivity index (χ4v) is 4.10. The van der Waals surface area contributed by atoms with E-state index < -0.39 is 23.5 Å². The van der Waals surface area contributed by atoms with Crippen molar-refractivity contribution in [2.75, 3.05) is 19.0 Å². The van der Waals surface area contributed by atoms with E-state index in [1.807, 2.05) is 4.68 Å². The van der Waals surface area contributed by atoms with Gasteiger partial charge in [-0.1, -0.05) is 0 Å². The molecule has 11 heteroatoms. The van der Waals surface area contributed by atoms with Crippen LogP contribution in [-0.2, 0) is 6.18 Å². The molecule has 3 aromatic rings. The summed E-state index contributed by atoms with van der Waals surface area (Å²) in [6.45, 7) is 0.186. The second-order valence-corrected chi connectivity index (χ2v) is 7.76. The number of aromatic nitrogens is 4. The molecule has 1 aromatic carbocycles. The SMILES string of the molecule is COc1cc2c(cnn2C2CCC(CO)CC2)cc1NC(=O)c1nccnc1C(F)(F)F. The maximum atomic E-state index is 13.2. The normalized spacial score (nSPS) is 19.2. The van der Waals surface area contributed by atoms with Crippen LogP contribution in [-0.4, -0.2) is 44.5 Å². The number of amides is 1. The number of hydrogen-bond donors (Lipinski definition) is 2. The number of aliphatic hydroxyl groups excluding tert-OH is 1. The number of methoxy groups -OCH3 is 1. The molecular formula is C21H22F3N5O3. The van der Waals surface area contributed by atoms with Gasteiger partial charge >= 0.3 is 6.18 Å². The molecule has 2 N–H and O–H groups in total. The first kappa shape index (κ1) is 22.0. The molecule has 32 heavy (non-hydrogen) atoms. The predicted molar refractivity (Wildman–Crippen MR) is 109 cm³/mol. The van der Waals surface area contributed by atoms with Crippen molar-refractivity contribution >= 4 is 22.5 Å². The van der Waals surface area contributed by atoms with Crippen LogP contribution in [0.15, 0.2) is 30.7 Å². The Bertz CT molecular complexity index is 1120. The van der Waals surface area contributed by atoms with Crippen molar-refractivity contribution in [2.24, 2.45) is 5.92 Å². The lowest BCUT2D eigenvalue weighted by Gasteiger charge is -2.28. The Kier molecular flexibility index (Phi) is 6.00. The van der Waals surface area contributed by atoms with Gasteiger partial charge in [-0.15, -0.1) is 0 Å². The number of aliphatic hydroxyl groups is 1. The molecule has 0 bridgehead atoms. The third kappa shape index (κ3) is 4.24. The maximum absolute atomic E-state index is 13.2. The number of hydrogen-bond acceptors (Lipinski definition) is 6. The molecular weight excluding hydrogens is 427 g/mol. The molecule has 1 amide bonds. The minimum atomic E-state index is -4.81. The molecule has 1 saturated carbocycles. The Hall–Kier alpha value is -3.21. The van der Waals surface area contributed by atoms with Gasteiger partial charge in [0.05, 0.1) is 30.6 Å². The highest BCUT2D eigenvalue weighted by Gasteiger charge is 2.38. The number of ether oxygens (including phenoxy) is 1. The van der Waals surface area contributed by atoms with Crippen molar-refractivity contribution in [1.29, 1.82) is 0 Å². The monoisotopic (exact) mass is 449 g/mol. The van der Waals surface area contributed by atoms with Crippen LogP contribution >= 0.6 is 0 Å². The summed E-state index contributed by atoms with van der Waals surface area (Å²) in [4.78, 5) is 19.4. The molecule has 1 aliphatic rings. The Morgan fingerprint density at radius 3 is 2.59 bits per heavy atom. The minimum absolute atomic E-state index is 0.175. The number of alkyl halides is 3. The van der Waals surface area contributed by atoms with E-state index in [0.29, 0.717) is 11.3 Å². The molecule has 2 heterocycles. The Balaban J connectivity index is 1.63. The van der Waals surface area contributed by atoms with Gasteiger partial charge in [-0.3, -0.25) is 9.48 Å². The summed E-state index contributed by atoms with van der Waals surface area (Å²) in [5.74, 6) is -0.445. The quantitative estimate of drug-likeness (QED) is 0.614. The predicted octanol–water partition coefficient (Wildman–Crippen LogP) is 3.83. The van der Waals surface area contributed by atoms with Crippen LogP contribution in [0.4, 0.5) is 18.9 Å².